The molecule has 6 nitrogen and oxygen atoms in total. The van der Waals surface area contributed by atoms with Gasteiger partial charge in [-0.05, 0) is 24.3 Å². The van der Waals surface area contributed by atoms with Crippen molar-refractivity contribution in [1.29, 1.82) is 0 Å². The monoisotopic (exact) mass is 383 g/mol. The van der Waals surface area contributed by atoms with E-state index in [1.54, 1.807) is 25.3 Å². The Bertz CT molecular complexity index is 885. The van der Waals surface area contributed by atoms with Crippen molar-refractivity contribution < 1.29 is 18.8 Å². The maximum absolute atomic E-state index is 13.8. The molecule has 0 aromatic heterocycles. The summed E-state index contributed by atoms with van der Waals surface area (Å²) in [5.41, 5.74) is 1.74. The smallest absolute Gasteiger partial charge is 0.322 e. The van der Waals surface area contributed by atoms with Gasteiger partial charge in [-0.2, -0.15) is 0 Å². The minimum absolute atomic E-state index is 0.125. The van der Waals surface area contributed by atoms with Gasteiger partial charge in [-0.15, -0.1) is 6.58 Å². The summed E-state index contributed by atoms with van der Waals surface area (Å²) in [4.78, 5) is 19.6. The Balaban J connectivity index is 1.65. The normalized spacial score (nSPS) is 15.4. The minimum Gasteiger partial charge on any atom is -0.496 e. The second-order valence-electron chi connectivity index (χ2n) is 6.27. The maximum atomic E-state index is 13.8. The lowest BCUT2D eigenvalue weighted by molar-refractivity contribution is 0.0645. The molecule has 0 bridgehead atoms. The third-order valence-electron chi connectivity index (χ3n) is 4.33. The zero-order valence-corrected chi connectivity index (χ0v) is 15.6. The van der Waals surface area contributed by atoms with Crippen molar-refractivity contribution in [3.05, 3.63) is 72.6 Å². The zero-order chi connectivity index (χ0) is 19.9. The average molecular weight is 383 g/mol. The first-order valence-electron chi connectivity index (χ1n) is 8.89. The Morgan fingerprint density at radius 1 is 1.36 bits per heavy atom. The van der Waals surface area contributed by atoms with Crippen molar-refractivity contribution >= 4 is 17.4 Å². The van der Waals surface area contributed by atoms with Crippen molar-refractivity contribution in [3.63, 3.8) is 0 Å². The van der Waals surface area contributed by atoms with Crippen LogP contribution < -0.4 is 10.1 Å². The van der Waals surface area contributed by atoms with Crippen LogP contribution in [0.5, 0.6) is 5.75 Å². The predicted octanol–water partition coefficient (Wildman–Crippen LogP) is 4.05. The highest BCUT2D eigenvalue weighted by molar-refractivity contribution is 6.03. The summed E-state index contributed by atoms with van der Waals surface area (Å²) >= 11 is 0. The topological polar surface area (TPSA) is 63.2 Å². The van der Waals surface area contributed by atoms with Crippen molar-refractivity contribution in [3.8, 4) is 5.75 Å². The van der Waals surface area contributed by atoms with E-state index in [0.29, 0.717) is 18.7 Å². The summed E-state index contributed by atoms with van der Waals surface area (Å²) in [5.74, 6) is 0.221. The number of carbonyl (C=O) groups excluding carboxylic acids is 1. The number of para-hydroxylation sites is 2. The van der Waals surface area contributed by atoms with E-state index in [4.69, 9.17) is 9.57 Å². The summed E-state index contributed by atoms with van der Waals surface area (Å²) in [7, 11) is 1.60. The summed E-state index contributed by atoms with van der Waals surface area (Å²) in [5, 5.41) is 6.74. The Morgan fingerprint density at radius 3 is 2.86 bits per heavy atom. The standard InChI is InChI=1S/C21H22FN3O3/c1-3-12-25(21(26)23-18-10-6-5-9-17(18)22)14-15-13-19(24-28-15)16-8-4-7-11-20(16)27-2/h3-11,15H,1,12-14H2,2H3,(H,23,26). The number of benzene rings is 2. The molecule has 146 valence electrons. The van der Waals surface area contributed by atoms with E-state index in [1.807, 2.05) is 24.3 Å². The van der Waals surface area contributed by atoms with Gasteiger partial charge in [-0.25, -0.2) is 9.18 Å². The van der Waals surface area contributed by atoms with Gasteiger partial charge in [-0.1, -0.05) is 35.5 Å². The molecule has 1 unspecified atom stereocenters. The van der Waals surface area contributed by atoms with Crippen molar-refractivity contribution in [1.82, 2.24) is 4.90 Å². The predicted molar refractivity (Wildman–Crippen MR) is 106 cm³/mol. The Labute approximate surface area is 163 Å². The molecule has 2 aromatic rings. The molecule has 1 aliphatic heterocycles. The molecule has 1 N–H and O–H groups in total. The molecule has 0 saturated heterocycles. The van der Waals surface area contributed by atoms with Crippen LogP contribution in [0.1, 0.15) is 12.0 Å². The molecule has 0 aliphatic carbocycles. The fourth-order valence-electron chi connectivity index (χ4n) is 2.97. The minimum atomic E-state index is -0.492. The molecule has 2 aromatic carbocycles. The summed E-state index contributed by atoms with van der Waals surface area (Å²) in [6.07, 6.45) is 1.82. The number of nitrogens with zero attached hydrogens (tertiary/aromatic N) is 2. The number of methoxy groups -OCH3 is 1. The molecule has 0 saturated carbocycles. The Kier molecular flexibility index (Phi) is 6.26. The lowest BCUT2D eigenvalue weighted by Crippen LogP contribution is -2.40. The molecule has 0 fully saturated rings. The average Bonchev–Trinajstić information content (AvgIpc) is 3.17. The Morgan fingerprint density at radius 2 is 2.11 bits per heavy atom. The van der Waals surface area contributed by atoms with Crippen molar-refractivity contribution in [2.24, 2.45) is 5.16 Å². The van der Waals surface area contributed by atoms with E-state index in [9.17, 15) is 9.18 Å². The lowest BCUT2D eigenvalue weighted by Gasteiger charge is -2.24. The molecule has 0 radical (unpaired) electrons. The van der Waals surface area contributed by atoms with Crippen LogP contribution in [0.2, 0.25) is 0 Å². The summed E-state index contributed by atoms with van der Waals surface area (Å²) in [6.45, 7) is 4.27. The number of oxime groups is 1. The van der Waals surface area contributed by atoms with Gasteiger partial charge in [0.15, 0.2) is 6.10 Å². The fraction of sp³-hybridized carbons (Fsp3) is 0.238. The first kappa shape index (κ1) is 19.4. The van der Waals surface area contributed by atoms with Gasteiger partial charge in [0, 0.05) is 18.5 Å². The number of urea groups is 1. The highest BCUT2D eigenvalue weighted by atomic mass is 19.1. The Hall–Kier alpha value is -3.35. The quantitative estimate of drug-likeness (QED) is 0.734. The molecule has 7 heteroatoms. The lowest BCUT2D eigenvalue weighted by atomic mass is 10.0. The molecule has 1 atom stereocenters. The number of amides is 2. The highest BCUT2D eigenvalue weighted by Crippen LogP contribution is 2.25. The number of nitrogens with one attached hydrogen (secondary N) is 1. The number of carbonyl (C=O) groups is 1. The molecule has 1 heterocycles. The summed E-state index contributed by atoms with van der Waals surface area (Å²) in [6, 6.07) is 13.1. The SMILES string of the molecule is C=CCN(CC1CC(c2ccccc2OC)=NO1)C(=O)Nc1ccccc1F. The van der Waals surface area contributed by atoms with Crippen LogP contribution in [0.15, 0.2) is 66.3 Å². The van der Waals surface area contributed by atoms with Gasteiger partial charge in [0.2, 0.25) is 0 Å². The third kappa shape index (κ3) is 4.49. The number of rotatable bonds is 7. The number of hydrogen-bond acceptors (Lipinski definition) is 4. The second-order valence-corrected chi connectivity index (χ2v) is 6.27. The fourth-order valence-corrected chi connectivity index (χ4v) is 2.97. The van der Waals surface area contributed by atoms with E-state index in [0.717, 1.165) is 11.3 Å². The van der Waals surface area contributed by atoms with Gasteiger partial charge in [0.25, 0.3) is 0 Å². The van der Waals surface area contributed by atoms with E-state index in [-0.39, 0.29) is 18.3 Å². The molecule has 3 rings (SSSR count). The summed E-state index contributed by atoms with van der Waals surface area (Å²) < 4.78 is 19.2. The zero-order valence-electron chi connectivity index (χ0n) is 15.6. The maximum Gasteiger partial charge on any atom is 0.322 e. The van der Waals surface area contributed by atoms with Crippen LogP contribution in [0, 0.1) is 5.82 Å². The number of ether oxygens (including phenoxy) is 1. The first-order valence-corrected chi connectivity index (χ1v) is 8.89. The number of halogens is 1. The number of hydrogen-bond donors (Lipinski definition) is 1. The largest absolute Gasteiger partial charge is 0.496 e. The van der Waals surface area contributed by atoms with Crippen LogP contribution in [0.25, 0.3) is 0 Å². The van der Waals surface area contributed by atoms with Gasteiger partial charge < -0.3 is 19.8 Å². The molecule has 0 spiro atoms. The number of anilines is 1. The van der Waals surface area contributed by atoms with Crippen LogP contribution in [0.3, 0.4) is 0 Å². The van der Waals surface area contributed by atoms with Crippen LogP contribution >= 0.6 is 0 Å². The van der Waals surface area contributed by atoms with E-state index >= 15 is 0 Å². The molecule has 2 amide bonds. The molecular formula is C21H22FN3O3. The first-order chi connectivity index (χ1) is 13.6. The van der Waals surface area contributed by atoms with Crippen LogP contribution in [-0.2, 0) is 4.84 Å². The third-order valence-corrected chi connectivity index (χ3v) is 4.33. The van der Waals surface area contributed by atoms with Gasteiger partial charge in [-0.3, -0.25) is 0 Å². The van der Waals surface area contributed by atoms with Crippen LogP contribution in [0.4, 0.5) is 14.9 Å². The molecular weight excluding hydrogens is 361 g/mol. The molecule has 28 heavy (non-hydrogen) atoms. The van der Waals surface area contributed by atoms with Crippen molar-refractivity contribution in [2.75, 3.05) is 25.5 Å². The van der Waals surface area contributed by atoms with Gasteiger partial charge in [0.1, 0.15) is 11.6 Å². The van der Waals surface area contributed by atoms with E-state index in [1.165, 1.54) is 17.0 Å². The van der Waals surface area contributed by atoms with Gasteiger partial charge in [0.05, 0.1) is 25.1 Å². The van der Waals surface area contributed by atoms with Crippen molar-refractivity contribution in [2.45, 2.75) is 12.5 Å². The van der Waals surface area contributed by atoms with E-state index < -0.39 is 11.8 Å². The van der Waals surface area contributed by atoms with Crippen LogP contribution in [-0.4, -0.2) is 42.9 Å². The second kappa shape index (κ2) is 9.03. The highest BCUT2D eigenvalue weighted by Gasteiger charge is 2.27. The molecule has 1 aliphatic rings. The van der Waals surface area contributed by atoms with Gasteiger partial charge >= 0.3 is 6.03 Å². The van der Waals surface area contributed by atoms with E-state index in [2.05, 4.69) is 17.1 Å².